The SMILES string of the molecule is COCC(COP(=O)(OCc1ccccc1)OCC1CCC(n2ccc(=O)[nH]c2=O)O1)OCC1CCCCC1. The van der Waals surface area contributed by atoms with Crippen molar-refractivity contribution in [2.75, 3.05) is 33.5 Å². The van der Waals surface area contributed by atoms with Crippen molar-refractivity contribution in [3.63, 3.8) is 0 Å². The maximum absolute atomic E-state index is 13.7. The lowest BCUT2D eigenvalue weighted by molar-refractivity contribution is -0.0549. The first-order chi connectivity index (χ1) is 18.9. The van der Waals surface area contributed by atoms with Gasteiger partial charge in [0.25, 0.3) is 5.56 Å². The van der Waals surface area contributed by atoms with Crippen LogP contribution in [0.25, 0.3) is 0 Å². The van der Waals surface area contributed by atoms with Crippen LogP contribution in [0.1, 0.15) is 56.7 Å². The number of phosphoric acid groups is 1. The second-order valence-corrected chi connectivity index (χ2v) is 11.7. The predicted octanol–water partition coefficient (Wildman–Crippen LogP) is 4.18. The first kappa shape index (κ1) is 29.9. The summed E-state index contributed by atoms with van der Waals surface area (Å²) in [6.45, 7) is 0.852. The number of hydrogen-bond donors (Lipinski definition) is 1. The summed E-state index contributed by atoms with van der Waals surface area (Å²) < 4.78 is 49.5. The smallest absolute Gasteiger partial charge is 0.382 e. The summed E-state index contributed by atoms with van der Waals surface area (Å²) in [6, 6.07) is 10.6. The van der Waals surface area contributed by atoms with Gasteiger partial charge in [-0.1, -0.05) is 49.6 Å². The summed E-state index contributed by atoms with van der Waals surface area (Å²) in [5.41, 5.74) is -0.203. The molecule has 0 bridgehead atoms. The van der Waals surface area contributed by atoms with Crippen LogP contribution < -0.4 is 11.2 Å². The summed E-state index contributed by atoms with van der Waals surface area (Å²) in [6.07, 6.45) is 7.07. The molecular formula is C27H39N2O9P. The number of aromatic amines is 1. The Morgan fingerprint density at radius 1 is 0.974 bits per heavy atom. The molecule has 4 rings (SSSR count). The molecule has 2 fully saturated rings. The average Bonchev–Trinajstić information content (AvgIpc) is 3.42. The van der Waals surface area contributed by atoms with E-state index in [0.717, 1.165) is 18.4 Å². The maximum atomic E-state index is 13.7. The van der Waals surface area contributed by atoms with Gasteiger partial charge in [0.05, 0.1) is 32.5 Å². The lowest BCUT2D eigenvalue weighted by Gasteiger charge is -2.26. The first-order valence-corrected chi connectivity index (χ1v) is 15.1. The Bertz CT molecular complexity index is 1170. The van der Waals surface area contributed by atoms with E-state index in [4.69, 9.17) is 27.8 Å². The highest BCUT2D eigenvalue weighted by atomic mass is 31.2. The molecule has 4 atom stereocenters. The molecule has 12 heteroatoms. The first-order valence-electron chi connectivity index (χ1n) is 13.6. The van der Waals surface area contributed by atoms with Crippen LogP contribution in [0.15, 0.2) is 52.2 Å². The van der Waals surface area contributed by atoms with Gasteiger partial charge in [-0.15, -0.1) is 0 Å². The van der Waals surface area contributed by atoms with Gasteiger partial charge < -0.3 is 14.2 Å². The number of H-pyrrole nitrogens is 1. The summed E-state index contributed by atoms with van der Waals surface area (Å²) in [7, 11) is -2.43. The Labute approximate surface area is 228 Å². The molecule has 2 aromatic rings. The van der Waals surface area contributed by atoms with E-state index in [1.54, 1.807) is 7.11 Å². The van der Waals surface area contributed by atoms with Crippen molar-refractivity contribution in [1.29, 1.82) is 0 Å². The van der Waals surface area contributed by atoms with Crippen LogP contribution >= 0.6 is 7.82 Å². The zero-order valence-corrected chi connectivity index (χ0v) is 23.3. The summed E-state index contributed by atoms with van der Waals surface area (Å²) >= 11 is 0. The molecule has 1 aromatic carbocycles. The molecule has 1 aliphatic heterocycles. The summed E-state index contributed by atoms with van der Waals surface area (Å²) in [5, 5.41) is 0. The fourth-order valence-electron chi connectivity index (χ4n) is 4.81. The molecule has 39 heavy (non-hydrogen) atoms. The van der Waals surface area contributed by atoms with Gasteiger partial charge in [0, 0.05) is 26.0 Å². The number of nitrogens with zero attached hydrogens (tertiary/aromatic N) is 1. The molecule has 0 spiro atoms. The molecule has 1 saturated heterocycles. The van der Waals surface area contributed by atoms with Gasteiger partial charge in [0.1, 0.15) is 12.3 Å². The van der Waals surface area contributed by atoms with E-state index in [0.29, 0.717) is 25.4 Å². The third-order valence-corrected chi connectivity index (χ3v) is 8.34. The molecule has 11 nitrogen and oxygen atoms in total. The number of hydrogen-bond acceptors (Lipinski definition) is 9. The normalized spacial score (nSPS) is 22.5. The number of nitrogens with one attached hydrogen (secondary N) is 1. The predicted molar refractivity (Wildman–Crippen MR) is 143 cm³/mol. The van der Waals surface area contributed by atoms with Crippen molar-refractivity contribution in [1.82, 2.24) is 9.55 Å². The quantitative estimate of drug-likeness (QED) is 0.316. The topological polar surface area (TPSA) is 127 Å². The fraction of sp³-hybridized carbons (Fsp3) is 0.630. The molecule has 1 aliphatic carbocycles. The van der Waals surface area contributed by atoms with E-state index in [-0.39, 0.29) is 26.4 Å². The van der Waals surface area contributed by atoms with Crippen molar-refractivity contribution in [2.24, 2.45) is 5.92 Å². The zero-order valence-electron chi connectivity index (χ0n) is 22.4. The van der Waals surface area contributed by atoms with Gasteiger partial charge in [-0.2, -0.15) is 0 Å². The van der Waals surface area contributed by atoms with Crippen LogP contribution in [0.4, 0.5) is 0 Å². The van der Waals surface area contributed by atoms with Crippen LogP contribution in [0, 0.1) is 5.92 Å². The number of rotatable bonds is 15. The van der Waals surface area contributed by atoms with Crippen LogP contribution in [0.3, 0.4) is 0 Å². The Morgan fingerprint density at radius 3 is 2.51 bits per heavy atom. The molecule has 2 aliphatic rings. The minimum atomic E-state index is -4.01. The van der Waals surface area contributed by atoms with Gasteiger partial charge in [-0.25, -0.2) is 9.36 Å². The molecule has 216 valence electrons. The van der Waals surface area contributed by atoms with E-state index in [2.05, 4.69) is 4.98 Å². The lowest BCUT2D eigenvalue weighted by atomic mass is 9.90. The molecule has 4 unspecified atom stereocenters. The van der Waals surface area contributed by atoms with Gasteiger partial charge >= 0.3 is 13.5 Å². The summed E-state index contributed by atoms with van der Waals surface area (Å²) in [4.78, 5) is 25.7. The average molecular weight is 567 g/mol. The summed E-state index contributed by atoms with van der Waals surface area (Å²) in [5.74, 6) is 0.512. The van der Waals surface area contributed by atoms with Crippen molar-refractivity contribution < 1.29 is 32.3 Å². The molecule has 1 N–H and O–H groups in total. The minimum Gasteiger partial charge on any atom is -0.382 e. The monoisotopic (exact) mass is 566 g/mol. The largest absolute Gasteiger partial charge is 0.475 e. The number of phosphoric ester groups is 1. The van der Waals surface area contributed by atoms with Gasteiger partial charge in [-0.05, 0) is 37.2 Å². The van der Waals surface area contributed by atoms with Crippen molar-refractivity contribution in [2.45, 2.75) is 70.0 Å². The Hall–Kier alpha value is -2.11. The highest BCUT2D eigenvalue weighted by Crippen LogP contribution is 2.51. The van der Waals surface area contributed by atoms with E-state index < -0.39 is 37.5 Å². The van der Waals surface area contributed by atoms with Crippen LogP contribution in [0.5, 0.6) is 0 Å². The molecule has 1 aromatic heterocycles. The lowest BCUT2D eigenvalue weighted by Crippen LogP contribution is -2.31. The van der Waals surface area contributed by atoms with E-state index in [9.17, 15) is 14.2 Å². The van der Waals surface area contributed by atoms with Gasteiger partial charge in [0.2, 0.25) is 0 Å². The third kappa shape index (κ3) is 9.49. The Morgan fingerprint density at radius 2 is 1.77 bits per heavy atom. The van der Waals surface area contributed by atoms with Crippen molar-refractivity contribution in [3.8, 4) is 0 Å². The highest BCUT2D eigenvalue weighted by Gasteiger charge is 2.34. The minimum absolute atomic E-state index is 0.0203. The van der Waals surface area contributed by atoms with Crippen molar-refractivity contribution >= 4 is 7.82 Å². The molecule has 2 heterocycles. The fourth-order valence-corrected chi connectivity index (χ4v) is 6.04. The Kier molecular flexibility index (Phi) is 11.5. The second-order valence-electron chi connectivity index (χ2n) is 10.0. The van der Waals surface area contributed by atoms with Gasteiger partial charge in [0.15, 0.2) is 0 Å². The van der Waals surface area contributed by atoms with E-state index >= 15 is 0 Å². The molecular weight excluding hydrogens is 527 g/mol. The van der Waals surface area contributed by atoms with Crippen LogP contribution in [-0.4, -0.2) is 55.3 Å². The Balaban J connectivity index is 1.34. The number of ether oxygens (including phenoxy) is 3. The third-order valence-electron chi connectivity index (χ3n) is 6.96. The molecule has 0 radical (unpaired) electrons. The zero-order chi connectivity index (χ0) is 27.5. The second kappa shape index (κ2) is 15.0. The maximum Gasteiger partial charge on any atom is 0.475 e. The molecule has 0 amide bonds. The van der Waals surface area contributed by atoms with E-state index in [1.165, 1.54) is 36.1 Å². The van der Waals surface area contributed by atoms with Crippen LogP contribution in [-0.2, 0) is 39.0 Å². The van der Waals surface area contributed by atoms with Gasteiger partial charge in [-0.3, -0.25) is 27.9 Å². The van der Waals surface area contributed by atoms with E-state index in [1.807, 2.05) is 30.3 Å². The number of aromatic nitrogens is 2. The van der Waals surface area contributed by atoms with Crippen LogP contribution in [0.2, 0.25) is 0 Å². The number of benzene rings is 1. The standard InChI is InChI=1S/C27H39N2O9P/c1-33-18-24(34-16-21-8-4-2-5-9-21)20-37-39(32,35-17-22-10-6-3-7-11-22)36-19-23-12-13-26(38-23)29-15-14-25(30)28-27(29)31/h3,6-7,10-11,14-15,21,23-24,26H,2,4-5,8-9,12-13,16-20H2,1H3,(H,28,30,31). The molecule has 1 saturated carbocycles. The van der Waals surface area contributed by atoms with Crippen molar-refractivity contribution in [3.05, 3.63) is 69.0 Å². The highest BCUT2D eigenvalue weighted by molar-refractivity contribution is 7.48. The number of methoxy groups -OCH3 is 1.